The van der Waals surface area contributed by atoms with Crippen LogP contribution < -0.4 is 14.8 Å². The summed E-state index contributed by atoms with van der Waals surface area (Å²) < 4.78 is 32.0. The fourth-order valence-electron chi connectivity index (χ4n) is 2.79. The summed E-state index contributed by atoms with van der Waals surface area (Å²) in [4.78, 5) is 12.5. The van der Waals surface area contributed by atoms with Crippen molar-refractivity contribution in [2.75, 3.05) is 11.9 Å². The van der Waals surface area contributed by atoms with E-state index in [0.29, 0.717) is 29.2 Å². The second-order valence-electron chi connectivity index (χ2n) is 6.85. The molecule has 3 aromatic carbocycles. The molecule has 0 saturated carbocycles. The molecule has 0 aliphatic carbocycles. The van der Waals surface area contributed by atoms with Crippen molar-refractivity contribution in [3.05, 3.63) is 108 Å². The molecule has 0 bridgehead atoms. The van der Waals surface area contributed by atoms with Crippen molar-refractivity contribution < 1.29 is 17.9 Å². The summed E-state index contributed by atoms with van der Waals surface area (Å²) in [6, 6.07) is 23.4. The van der Waals surface area contributed by atoms with Crippen LogP contribution >= 0.6 is 0 Å². The molecule has 0 aromatic heterocycles. The van der Waals surface area contributed by atoms with Crippen molar-refractivity contribution in [2.45, 2.75) is 12.4 Å². The minimum absolute atomic E-state index is 0.139. The Kier molecular flexibility index (Phi) is 7.59. The summed E-state index contributed by atoms with van der Waals surface area (Å²) in [5, 5.41) is 2.80. The Morgan fingerprint density at radius 3 is 2.23 bits per heavy atom. The fraction of sp³-hybridized carbons (Fsp3) is 0.125. The van der Waals surface area contributed by atoms with E-state index >= 15 is 0 Å². The van der Waals surface area contributed by atoms with Gasteiger partial charge in [0, 0.05) is 17.8 Å². The molecule has 0 atom stereocenters. The lowest BCUT2D eigenvalue weighted by Gasteiger charge is -2.09. The summed E-state index contributed by atoms with van der Waals surface area (Å²) >= 11 is 0. The number of anilines is 1. The number of sulfonamides is 1. The van der Waals surface area contributed by atoms with Gasteiger partial charge in [0.05, 0.1) is 5.75 Å². The molecule has 3 aromatic rings. The van der Waals surface area contributed by atoms with Crippen LogP contribution in [-0.4, -0.2) is 20.9 Å². The van der Waals surface area contributed by atoms with E-state index in [4.69, 9.17) is 4.74 Å². The topological polar surface area (TPSA) is 84.5 Å². The van der Waals surface area contributed by atoms with Gasteiger partial charge in [0.15, 0.2) is 0 Å². The first-order chi connectivity index (χ1) is 14.9. The van der Waals surface area contributed by atoms with Gasteiger partial charge in [-0.3, -0.25) is 4.79 Å². The van der Waals surface area contributed by atoms with Crippen LogP contribution in [0.2, 0.25) is 0 Å². The molecule has 7 heteroatoms. The molecule has 0 heterocycles. The maximum Gasteiger partial charge on any atom is 0.255 e. The standard InChI is InChI=1S/C24H24N2O4S/c1-2-16-25-31(28,29)18-20-8-12-22(13-9-20)26-24(27)21-10-14-23(15-11-21)30-17-19-6-4-3-5-7-19/h2-15,25H,1,16-18H2,(H,26,27). The molecule has 3 rings (SSSR count). The lowest BCUT2D eigenvalue weighted by Crippen LogP contribution is -2.25. The van der Waals surface area contributed by atoms with Crippen molar-refractivity contribution in [1.29, 1.82) is 0 Å². The third-order valence-corrected chi connectivity index (χ3v) is 5.70. The maximum absolute atomic E-state index is 12.5. The van der Waals surface area contributed by atoms with Gasteiger partial charge in [-0.05, 0) is 47.5 Å². The lowest BCUT2D eigenvalue weighted by atomic mass is 10.2. The highest BCUT2D eigenvalue weighted by atomic mass is 32.2. The molecule has 160 valence electrons. The highest BCUT2D eigenvalue weighted by molar-refractivity contribution is 7.88. The molecule has 1 amide bonds. The summed E-state index contributed by atoms with van der Waals surface area (Å²) in [6.45, 7) is 4.13. The van der Waals surface area contributed by atoms with Crippen LogP contribution in [0.15, 0.2) is 91.5 Å². The van der Waals surface area contributed by atoms with Crippen molar-refractivity contribution >= 4 is 21.6 Å². The fourth-order valence-corrected chi connectivity index (χ4v) is 3.89. The quantitative estimate of drug-likeness (QED) is 0.468. The Balaban J connectivity index is 1.54. The van der Waals surface area contributed by atoms with Crippen LogP contribution in [0.3, 0.4) is 0 Å². The van der Waals surface area contributed by atoms with Crippen LogP contribution in [-0.2, 0) is 22.4 Å². The van der Waals surface area contributed by atoms with E-state index in [-0.39, 0.29) is 18.2 Å². The molecule has 31 heavy (non-hydrogen) atoms. The lowest BCUT2D eigenvalue weighted by molar-refractivity contribution is 0.102. The van der Waals surface area contributed by atoms with Gasteiger partial charge in [-0.1, -0.05) is 48.5 Å². The van der Waals surface area contributed by atoms with Crippen molar-refractivity contribution in [1.82, 2.24) is 4.72 Å². The third-order valence-electron chi connectivity index (χ3n) is 4.38. The second-order valence-corrected chi connectivity index (χ2v) is 8.65. The van der Waals surface area contributed by atoms with E-state index in [1.807, 2.05) is 30.3 Å². The number of amides is 1. The molecule has 0 radical (unpaired) electrons. The zero-order valence-corrected chi connectivity index (χ0v) is 17.8. The zero-order chi connectivity index (χ0) is 22.1. The Bertz CT molecular complexity index is 1110. The molecule has 0 aliphatic heterocycles. The number of carbonyl (C=O) groups is 1. The van der Waals surface area contributed by atoms with Gasteiger partial charge >= 0.3 is 0 Å². The average Bonchev–Trinajstić information content (AvgIpc) is 2.78. The summed E-state index contributed by atoms with van der Waals surface area (Å²) in [7, 11) is -3.42. The Labute approximate surface area is 182 Å². The maximum atomic E-state index is 12.5. The second kappa shape index (κ2) is 10.6. The van der Waals surface area contributed by atoms with Gasteiger partial charge in [-0.2, -0.15) is 0 Å². The van der Waals surface area contributed by atoms with E-state index in [2.05, 4.69) is 16.6 Å². The third kappa shape index (κ3) is 7.09. The molecule has 6 nitrogen and oxygen atoms in total. The highest BCUT2D eigenvalue weighted by Crippen LogP contribution is 2.17. The van der Waals surface area contributed by atoms with Crippen molar-refractivity contribution in [2.24, 2.45) is 0 Å². The smallest absolute Gasteiger partial charge is 0.255 e. The molecular weight excluding hydrogens is 412 g/mol. The molecule has 2 N–H and O–H groups in total. The first-order valence-electron chi connectivity index (χ1n) is 9.70. The Morgan fingerprint density at radius 1 is 0.903 bits per heavy atom. The number of hydrogen-bond acceptors (Lipinski definition) is 4. The Morgan fingerprint density at radius 2 is 1.58 bits per heavy atom. The number of hydrogen-bond donors (Lipinski definition) is 2. The molecule has 0 spiro atoms. The first kappa shape index (κ1) is 22.3. The van der Waals surface area contributed by atoms with Crippen LogP contribution in [0, 0.1) is 0 Å². The molecule has 0 unspecified atom stereocenters. The minimum Gasteiger partial charge on any atom is -0.489 e. The van der Waals surface area contributed by atoms with Gasteiger partial charge < -0.3 is 10.1 Å². The minimum atomic E-state index is -3.42. The monoisotopic (exact) mass is 436 g/mol. The molecule has 0 aliphatic rings. The van der Waals surface area contributed by atoms with E-state index < -0.39 is 10.0 Å². The van der Waals surface area contributed by atoms with Gasteiger partial charge in [-0.25, -0.2) is 13.1 Å². The summed E-state index contributed by atoms with van der Waals surface area (Å²) in [5.41, 5.74) is 2.76. The van der Waals surface area contributed by atoms with Gasteiger partial charge in [0.25, 0.3) is 5.91 Å². The predicted octanol–water partition coefficient (Wildman–Crippen LogP) is 4.12. The van der Waals surface area contributed by atoms with E-state index in [1.165, 1.54) is 6.08 Å². The largest absolute Gasteiger partial charge is 0.489 e. The van der Waals surface area contributed by atoms with Gasteiger partial charge in [0.1, 0.15) is 12.4 Å². The Hall–Kier alpha value is -3.42. The van der Waals surface area contributed by atoms with Crippen LogP contribution in [0.4, 0.5) is 5.69 Å². The molecule has 0 saturated heterocycles. The van der Waals surface area contributed by atoms with E-state index in [0.717, 1.165) is 5.56 Å². The van der Waals surface area contributed by atoms with Crippen LogP contribution in [0.25, 0.3) is 0 Å². The summed E-state index contributed by atoms with van der Waals surface area (Å²) in [5.74, 6) is 0.276. The van der Waals surface area contributed by atoms with Gasteiger partial charge in [0.2, 0.25) is 10.0 Å². The van der Waals surface area contributed by atoms with Crippen LogP contribution in [0.5, 0.6) is 5.75 Å². The highest BCUT2D eigenvalue weighted by Gasteiger charge is 2.11. The normalized spacial score (nSPS) is 11.0. The van der Waals surface area contributed by atoms with E-state index in [9.17, 15) is 13.2 Å². The van der Waals surface area contributed by atoms with Crippen LogP contribution in [0.1, 0.15) is 21.5 Å². The average molecular weight is 437 g/mol. The number of benzene rings is 3. The predicted molar refractivity (Wildman–Crippen MR) is 122 cm³/mol. The van der Waals surface area contributed by atoms with E-state index in [1.54, 1.807) is 48.5 Å². The number of ether oxygens (including phenoxy) is 1. The van der Waals surface area contributed by atoms with Crippen molar-refractivity contribution in [3.63, 3.8) is 0 Å². The first-order valence-corrected chi connectivity index (χ1v) is 11.4. The van der Waals surface area contributed by atoms with Crippen molar-refractivity contribution in [3.8, 4) is 5.75 Å². The number of nitrogens with one attached hydrogen (secondary N) is 2. The molecule has 0 fully saturated rings. The summed E-state index contributed by atoms with van der Waals surface area (Å²) in [6.07, 6.45) is 1.48. The zero-order valence-electron chi connectivity index (χ0n) is 17.0. The molecular formula is C24H24N2O4S. The SMILES string of the molecule is C=CCNS(=O)(=O)Cc1ccc(NC(=O)c2ccc(OCc3ccccc3)cc2)cc1. The van der Waals surface area contributed by atoms with Gasteiger partial charge in [-0.15, -0.1) is 6.58 Å². The number of carbonyl (C=O) groups excluding carboxylic acids is 1. The number of rotatable bonds is 10.